The van der Waals surface area contributed by atoms with E-state index in [2.05, 4.69) is 0 Å². The number of carboxylic acids is 1. The fraction of sp³-hybridized carbons (Fsp3) is 0.917. The number of aliphatic carboxylic acids is 1. The van der Waals surface area contributed by atoms with Crippen LogP contribution >= 0.6 is 0 Å². The van der Waals surface area contributed by atoms with Crippen molar-refractivity contribution in [2.45, 2.75) is 38.9 Å². The van der Waals surface area contributed by atoms with Crippen LogP contribution < -0.4 is 0 Å². The molecule has 19 heavy (non-hydrogen) atoms. The molecule has 0 saturated heterocycles. The van der Waals surface area contributed by atoms with Gasteiger partial charge in [0.15, 0.2) is 0 Å². The predicted octanol–water partition coefficient (Wildman–Crippen LogP) is 1.52. The third-order valence-corrected chi connectivity index (χ3v) is 6.40. The largest absolute Gasteiger partial charge is 0.772 e. The molecule has 0 radical (unpaired) electrons. The van der Waals surface area contributed by atoms with E-state index >= 15 is 0 Å². The summed E-state index contributed by atoms with van der Waals surface area (Å²) in [5.74, 6) is -1.38. The third kappa shape index (κ3) is 3.27. The Morgan fingerprint density at radius 1 is 1.42 bits per heavy atom. The van der Waals surface area contributed by atoms with Gasteiger partial charge in [-0.3, -0.25) is 9.26 Å². The Morgan fingerprint density at radius 2 is 1.95 bits per heavy atom. The van der Waals surface area contributed by atoms with Crippen molar-refractivity contribution in [1.29, 1.82) is 0 Å². The molecule has 0 bridgehead atoms. The van der Waals surface area contributed by atoms with E-state index < -0.39 is 27.2 Å². The van der Waals surface area contributed by atoms with Crippen molar-refractivity contribution in [1.82, 2.24) is 4.47 Å². The molecule has 0 aromatic carbocycles. The summed E-state index contributed by atoms with van der Waals surface area (Å²) in [5, 5.41) is 19.4. The van der Waals surface area contributed by atoms with Crippen LogP contribution in [0.25, 0.3) is 0 Å². The highest BCUT2D eigenvalue weighted by Gasteiger charge is 2.50. The highest BCUT2D eigenvalue weighted by atomic mass is 32.2. The minimum absolute atomic E-state index is 0.00616. The van der Waals surface area contributed by atoms with Crippen LogP contribution in [0, 0.1) is 28.9 Å². The van der Waals surface area contributed by atoms with E-state index in [1.54, 1.807) is 0 Å². The molecule has 0 aromatic rings. The number of rotatable bonds is 7. The van der Waals surface area contributed by atoms with Crippen LogP contribution in [0.1, 0.15) is 33.6 Å². The number of carbonyl (C=O) groups is 1. The minimum Gasteiger partial charge on any atom is -0.772 e. The van der Waals surface area contributed by atoms with Gasteiger partial charge in [0.2, 0.25) is 10.0 Å². The Labute approximate surface area is 114 Å². The molecule has 0 heterocycles. The second kappa shape index (κ2) is 5.76. The van der Waals surface area contributed by atoms with E-state index in [-0.39, 0.29) is 22.2 Å². The Kier molecular flexibility index (Phi) is 4.97. The first-order valence-corrected chi connectivity index (χ1v) is 8.02. The quantitative estimate of drug-likeness (QED) is 0.717. The smallest absolute Gasteiger partial charge is 0.306 e. The zero-order valence-electron chi connectivity index (χ0n) is 11.7. The SMILES string of the molecule is CCC(C(=O)O)C(C)C1CC1C(C)S(=O)(=O)N(C)[O-]. The van der Waals surface area contributed by atoms with Crippen molar-refractivity contribution in [3.8, 4) is 0 Å². The Balaban J connectivity index is 2.72. The van der Waals surface area contributed by atoms with Crippen molar-refractivity contribution in [3.63, 3.8) is 0 Å². The van der Waals surface area contributed by atoms with Gasteiger partial charge in [0.1, 0.15) is 0 Å². The summed E-state index contributed by atoms with van der Waals surface area (Å²) in [6.07, 6.45) is 1.21. The second-order valence-electron chi connectivity index (χ2n) is 5.44. The summed E-state index contributed by atoms with van der Waals surface area (Å²) in [6.45, 7) is 5.20. The maximum absolute atomic E-state index is 11.8. The van der Waals surface area contributed by atoms with Crippen molar-refractivity contribution in [2.75, 3.05) is 7.05 Å². The van der Waals surface area contributed by atoms with Gasteiger partial charge in [-0.25, -0.2) is 8.42 Å². The molecule has 1 saturated carbocycles. The Bertz CT molecular complexity index is 433. The molecule has 1 aliphatic carbocycles. The van der Waals surface area contributed by atoms with Crippen LogP contribution in [0.2, 0.25) is 0 Å². The number of nitrogens with zero attached hydrogens (tertiary/aromatic N) is 1. The molecule has 1 fully saturated rings. The first-order valence-electron chi connectivity index (χ1n) is 6.52. The molecule has 7 heteroatoms. The van der Waals surface area contributed by atoms with E-state index in [0.717, 1.165) is 7.05 Å². The number of hydroxylamine groups is 1. The topological polar surface area (TPSA) is 97.7 Å². The Hall–Kier alpha value is -0.660. The van der Waals surface area contributed by atoms with Gasteiger partial charge < -0.3 is 10.3 Å². The summed E-state index contributed by atoms with van der Waals surface area (Å²) >= 11 is 0. The Morgan fingerprint density at radius 3 is 2.32 bits per heavy atom. The molecule has 0 amide bonds. The zero-order chi connectivity index (χ0) is 15.0. The van der Waals surface area contributed by atoms with Gasteiger partial charge in [-0.1, -0.05) is 13.8 Å². The zero-order valence-corrected chi connectivity index (χ0v) is 12.6. The van der Waals surface area contributed by atoms with E-state index in [9.17, 15) is 18.4 Å². The molecule has 0 aliphatic heterocycles. The fourth-order valence-corrected chi connectivity index (χ4v) is 4.13. The third-order valence-electron chi connectivity index (χ3n) is 4.39. The average Bonchev–Trinajstić information content (AvgIpc) is 3.07. The molecular weight excluding hydrogens is 270 g/mol. The van der Waals surface area contributed by atoms with Crippen molar-refractivity contribution in [3.05, 3.63) is 5.21 Å². The van der Waals surface area contributed by atoms with Crippen LogP contribution in [-0.2, 0) is 14.8 Å². The highest BCUT2D eigenvalue weighted by molar-refractivity contribution is 7.89. The summed E-state index contributed by atoms with van der Waals surface area (Å²) in [6, 6.07) is 0. The molecule has 112 valence electrons. The first-order chi connectivity index (χ1) is 8.64. The normalized spacial score (nSPS) is 27.9. The average molecular weight is 292 g/mol. The van der Waals surface area contributed by atoms with E-state index in [0.29, 0.717) is 12.8 Å². The van der Waals surface area contributed by atoms with Gasteiger partial charge in [-0.2, -0.15) is 0 Å². The number of sulfonamides is 1. The van der Waals surface area contributed by atoms with Gasteiger partial charge in [0, 0.05) is 0 Å². The second-order valence-corrected chi connectivity index (χ2v) is 7.72. The first kappa shape index (κ1) is 16.4. The van der Waals surface area contributed by atoms with Crippen molar-refractivity contribution < 1.29 is 18.3 Å². The molecule has 0 aromatic heterocycles. The lowest BCUT2D eigenvalue weighted by Crippen LogP contribution is -2.33. The molecule has 1 N–H and O–H groups in total. The molecule has 5 unspecified atom stereocenters. The van der Waals surface area contributed by atoms with Crippen LogP contribution in [-0.4, -0.2) is 36.3 Å². The van der Waals surface area contributed by atoms with Gasteiger partial charge in [0.25, 0.3) is 0 Å². The maximum atomic E-state index is 11.8. The number of carboxylic acid groups (broad SMARTS) is 1. The molecular formula is C12H22NO5S-. The lowest BCUT2D eigenvalue weighted by Gasteiger charge is -2.27. The maximum Gasteiger partial charge on any atom is 0.306 e. The fourth-order valence-electron chi connectivity index (χ4n) is 2.90. The summed E-state index contributed by atoms with van der Waals surface area (Å²) < 4.78 is 23.5. The van der Waals surface area contributed by atoms with Crippen molar-refractivity contribution >= 4 is 16.0 Å². The van der Waals surface area contributed by atoms with Crippen LogP contribution in [0.3, 0.4) is 0 Å². The number of hydrogen-bond acceptors (Lipinski definition) is 4. The van der Waals surface area contributed by atoms with Gasteiger partial charge in [0.05, 0.1) is 11.2 Å². The van der Waals surface area contributed by atoms with Gasteiger partial charge in [-0.05, 0) is 44.6 Å². The molecule has 1 aliphatic rings. The summed E-state index contributed by atoms with van der Waals surface area (Å²) in [4.78, 5) is 11.1. The summed E-state index contributed by atoms with van der Waals surface area (Å²) in [7, 11) is -2.82. The van der Waals surface area contributed by atoms with Gasteiger partial charge >= 0.3 is 5.97 Å². The lowest BCUT2D eigenvalue weighted by atomic mass is 9.87. The monoisotopic (exact) mass is 292 g/mol. The summed E-state index contributed by atoms with van der Waals surface area (Å²) in [5.41, 5.74) is 0. The van der Waals surface area contributed by atoms with E-state index in [1.807, 2.05) is 13.8 Å². The standard InChI is InChI=1S/C12H22NO5S/c1-5-9(12(14)15)7(2)10-6-11(10)8(3)19(17,18)13(4)16/h7-11H,5-6H2,1-4H3,(H,14,15)/q-1. The predicted molar refractivity (Wildman–Crippen MR) is 71.7 cm³/mol. The van der Waals surface area contributed by atoms with E-state index in [4.69, 9.17) is 5.11 Å². The van der Waals surface area contributed by atoms with Gasteiger partial charge in [-0.15, -0.1) is 0 Å². The molecule has 1 rings (SSSR count). The number of hydrogen-bond donors (Lipinski definition) is 1. The van der Waals surface area contributed by atoms with Crippen LogP contribution in [0.5, 0.6) is 0 Å². The van der Waals surface area contributed by atoms with Crippen LogP contribution in [0.4, 0.5) is 0 Å². The van der Waals surface area contributed by atoms with Crippen molar-refractivity contribution in [2.24, 2.45) is 23.7 Å². The van der Waals surface area contributed by atoms with Crippen LogP contribution in [0.15, 0.2) is 0 Å². The molecule has 0 spiro atoms. The van der Waals surface area contributed by atoms with E-state index in [1.165, 1.54) is 6.92 Å². The molecule has 6 nitrogen and oxygen atoms in total. The highest BCUT2D eigenvalue weighted by Crippen LogP contribution is 2.51. The minimum atomic E-state index is -3.80. The lowest BCUT2D eigenvalue weighted by molar-refractivity contribution is -0.143. The molecule has 5 atom stereocenters.